The van der Waals surface area contributed by atoms with Crippen LogP contribution in [0.15, 0.2) is 29.2 Å². The van der Waals surface area contributed by atoms with E-state index in [1.807, 2.05) is 20.8 Å². The number of Topliss-reactive ketones (excluding diaryl/α,β-unsaturated/α-hetero) is 1. The van der Waals surface area contributed by atoms with Crippen LogP contribution in [0.5, 0.6) is 5.75 Å². The zero-order valence-electron chi connectivity index (χ0n) is 59.2. The molecular formula is C67H109N9O18S2. The average molecular weight is 1390 g/mol. The number of sulfonamides is 1. The molecule has 2 atom stereocenters. The number of rotatable bonds is 32. The zero-order chi connectivity index (χ0) is 71.8. The van der Waals surface area contributed by atoms with Gasteiger partial charge in [0, 0.05) is 96.1 Å². The number of esters is 4. The Morgan fingerprint density at radius 2 is 1.03 bits per heavy atom. The van der Waals surface area contributed by atoms with Gasteiger partial charge in [-0.1, -0.05) is 6.07 Å². The predicted molar refractivity (Wildman–Crippen MR) is 361 cm³/mol. The Balaban J connectivity index is 1.31. The van der Waals surface area contributed by atoms with Crippen molar-refractivity contribution in [3.63, 3.8) is 0 Å². The van der Waals surface area contributed by atoms with Crippen LogP contribution >= 0.6 is 0 Å². The van der Waals surface area contributed by atoms with Crippen LogP contribution < -0.4 is 25.4 Å². The number of hydrogen-bond acceptors (Lipinski definition) is 22. The Morgan fingerprint density at radius 3 is 1.52 bits per heavy atom. The van der Waals surface area contributed by atoms with Gasteiger partial charge in [-0.15, -0.1) is 0 Å². The van der Waals surface area contributed by atoms with Gasteiger partial charge >= 0.3 is 23.9 Å². The van der Waals surface area contributed by atoms with E-state index >= 15 is 0 Å². The normalized spacial score (nSPS) is 16.1. The first-order chi connectivity index (χ1) is 44.5. The molecule has 1 fully saturated rings. The van der Waals surface area contributed by atoms with Crippen molar-refractivity contribution >= 4 is 67.5 Å². The summed E-state index contributed by atoms with van der Waals surface area (Å²) < 4.78 is 93.2. The van der Waals surface area contributed by atoms with E-state index in [1.54, 1.807) is 102 Å². The summed E-state index contributed by atoms with van der Waals surface area (Å²) in [7, 11) is -9.18. The Hall–Kier alpha value is -6.21. The second kappa shape index (κ2) is 37.7. The number of amides is 3. The summed E-state index contributed by atoms with van der Waals surface area (Å²) in [5.74, 6) is -5.31. The molecule has 4 rings (SSSR count). The largest absolute Gasteiger partial charge is 0.494 e. The molecule has 2 heterocycles. The van der Waals surface area contributed by atoms with Gasteiger partial charge in [0.1, 0.15) is 46.0 Å². The molecule has 1 aliphatic heterocycles. The number of ether oxygens (including phenoxy) is 5. The van der Waals surface area contributed by atoms with Gasteiger partial charge in [0.05, 0.1) is 37.7 Å². The van der Waals surface area contributed by atoms with Gasteiger partial charge in [0.15, 0.2) is 5.78 Å². The third-order valence-electron chi connectivity index (χ3n) is 15.0. The summed E-state index contributed by atoms with van der Waals surface area (Å²) in [6.07, 6.45) is 6.50. The van der Waals surface area contributed by atoms with Crippen LogP contribution in [0.3, 0.4) is 0 Å². The molecule has 3 amide bonds. The Morgan fingerprint density at radius 1 is 0.562 bits per heavy atom. The highest BCUT2D eigenvalue weighted by atomic mass is 32.2. The molecule has 1 aliphatic carbocycles. The van der Waals surface area contributed by atoms with Gasteiger partial charge < -0.3 is 39.6 Å². The van der Waals surface area contributed by atoms with Crippen molar-refractivity contribution < 1.29 is 83.4 Å². The van der Waals surface area contributed by atoms with Crippen LogP contribution in [0.1, 0.15) is 169 Å². The first kappa shape index (κ1) is 82.2. The number of benzene rings is 1. The molecule has 5 N–H and O–H groups in total. The monoisotopic (exact) mass is 1390 g/mol. The molecule has 29 heteroatoms. The molecule has 2 aromatic rings. The van der Waals surface area contributed by atoms with E-state index in [0.717, 1.165) is 43.5 Å². The van der Waals surface area contributed by atoms with E-state index < -0.39 is 95.9 Å². The number of unbranched alkanes of at least 4 members (excludes halogenated alkanes) is 1. The van der Waals surface area contributed by atoms with E-state index in [-0.39, 0.29) is 134 Å². The summed E-state index contributed by atoms with van der Waals surface area (Å²) >= 11 is 0. The minimum absolute atomic E-state index is 0.000478. The van der Waals surface area contributed by atoms with Gasteiger partial charge in [-0.25, -0.2) is 8.42 Å². The molecule has 96 heavy (non-hydrogen) atoms. The van der Waals surface area contributed by atoms with Crippen LogP contribution in [-0.4, -0.2) is 232 Å². The van der Waals surface area contributed by atoms with Gasteiger partial charge in [-0.3, -0.25) is 67.5 Å². The maximum absolute atomic E-state index is 14.0. The lowest BCUT2D eigenvalue weighted by atomic mass is 9.95. The van der Waals surface area contributed by atoms with Crippen molar-refractivity contribution in [2.75, 3.05) is 104 Å². The van der Waals surface area contributed by atoms with Crippen LogP contribution in [0.25, 0.3) is 0 Å². The van der Waals surface area contributed by atoms with Crippen molar-refractivity contribution in [1.29, 1.82) is 0 Å². The number of fused-ring (bicyclic) bond motifs is 1. The fourth-order valence-electron chi connectivity index (χ4n) is 10.8. The molecular weight excluding hydrogens is 1280 g/mol. The van der Waals surface area contributed by atoms with Crippen molar-refractivity contribution in [2.45, 2.75) is 213 Å². The van der Waals surface area contributed by atoms with Crippen LogP contribution in [0.2, 0.25) is 0 Å². The Bertz CT molecular complexity index is 3120. The van der Waals surface area contributed by atoms with Crippen molar-refractivity contribution in [2.24, 2.45) is 0 Å². The molecule has 1 aromatic heterocycles. The third kappa shape index (κ3) is 33.8. The molecule has 2 aliphatic rings. The summed E-state index contributed by atoms with van der Waals surface area (Å²) in [5, 5.41) is 7.89. The van der Waals surface area contributed by atoms with E-state index in [1.165, 1.54) is 24.1 Å². The minimum Gasteiger partial charge on any atom is -0.494 e. The number of nitrogens with zero attached hydrogens (tertiary/aromatic N) is 5. The lowest BCUT2D eigenvalue weighted by Crippen LogP contribution is -2.52. The summed E-state index contributed by atoms with van der Waals surface area (Å²) in [6.45, 7) is 24.8. The Kier molecular flexibility index (Phi) is 32.3. The second-order valence-corrected chi connectivity index (χ2v) is 32.0. The van der Waals surface area contributed by atoms with Gasteiger partial charge in [0.25, 0.3) is 10.1 Å². The van der Waals surface area contributed by atoms with E-state index in [4.69, 9.17) is 28.7 Å². The third-order valence-corrected chi connectivity index (χ3v) is 17.5. The molecule has 542 valence electrons. The maximum Gasteiger partial charge on any atom is 0.326 e. The van der Waals surface area contributed by atoms with Crippen LogP contribution in [-0.2, 0) is 96.7 Å². The van der Waals surface area contributed by atoms with Gasteiger partial charge in [-0.05, 0) is 190 Å². The number of carbonyl (C=O) groups is 8. The highest BCUT2D eigenvalue weighted by Crippen LogP contribution is 2.27. The number of ketones is 1. The fourth-order valence-corrected chi connectivity index (χ4v) is 13.1. The molecule has 0 radical (unpaired) electrons. The van der Waals surface area contributed by atoms with Crippen molar-refractivity contribution in [3.05, 3.63) is 52.3 Å². The minimum atomic E-state index is -4.80. The molecule has 0 spiro atoms. The zero-order valence-corrected chi connectivity index (χ0v) is 60.8. The topological polar surface area (TPSA) is 345 Å². The summed E-state index contributed by atoms with van der Waals surface area (Å²) in [4.78, 5) is 118. The number of pyridine rings is 1. The summed E-state index contributed by atoms with van der Waals surface area (Å²) in [6, 6.07) is 4.10. The maximum atomic E-state index is 14.0. The van der Waals surface area contributed by atoms with Crippen LogP contribution in [0.4, 0.5) is 0 Å². The van der Waals surface area contributed by atoms with Gasteiger partial charge in [-0.2, -0.15) is 13.1 Å². The highest BCUT2D eigenvalue weighted by molar-refractivity contribution is 7.89. The van der Waals surface area contributed by atoms with Gasteiger partial charge in [0.2, 0.25) is 27.7 Å². The first-order valence-corrected chi connectivity index (χ1v) is 36.4. The molecule has 0 bridgehead atoms. The summed E-state index contributed by atoms with van der Waals surface area (Å²) in [5.41, 5.74) is 0.795. The lowest BCUT2D eigenvalue weighted by Gasteiger charge is -2.34. The number of aryl methyl sites for hydroxylation is 5. The first-order valence-electron chi connectivity index (χ1n) is 33.3. The van der Waals surface area contributed by atoms with E-state index in [0.29, 0.717) is 36.4 Å². The second-order valence-electron chi connectivity index (χ2n) is 28.8. The predicted octanol–water partition coefficient (Wildman–Crippen LogP) is 4.34. The standard InChI is InChI=1S/C67H109N9O18S2/c1-47-39-51(40-48(2)62(47)96(88,89)72-53(63(84)94-67(12,13)14)41-69-57(79)25-18-16-22-50-28-27-49-21-15-17-23-52(49)70-50)90-38-20-26-56(78)68-29-19-24-55(77)54(46-95(85,86)87)71-58(80)42-73-30-32-74(43-59(81)91-64(3,4)5)34-36-76(45-61(83)93-66(9,10)11)37-35-75(33-31-73)44-60(82)92-65(6,7)8/h27-28,39-40,53-54,72H,15-26,29-38,41-46H2,1-14H3,(H,68,78)(H,69,79)(H,71,80)(H,85,86,87)/t53?,54-/m0/s1. The highest BCUT2D eigenvalue weighted by Gasteiger charge is 2.34. The SMILES string of the molecule is Cc1cc(OCCCC(=O)NCCCC(=O)[C@H](CS(=O)(=O)O)NC(=O)CN2CCN(CC(=O)OC(C)(C)C)CCN(CC(=O)OC(C)(C)C)CCN(CC(=O)OC(C)(C)C)CC2)cc(C)c1S(=O)(=O)NC(CNC(=O)CCCCc1ccc2c(n1)CCCC2)C(=O)OC(C)(C)C. The quantitative estimate of drug-likeness (QED) is 0.0294. The molecule has 27 nitrogen and oxygen atoms in total. The van der Waals surface area contributed by atoms with Crippen molar-refractivity contribution in [1.82, 2.24) is 45.3 Å². The van der Waals surface area contributed by atoms with E-state index in [9.17, 15) is 59.7 Å². The average Bonchev–Trinajstić information content (AvgIpc) is 0.794. The molecule has 1 unspecified atom stereocenters. The fraction of sp³-hybridized carbons (Fsp3) is 0.716. The Labute approximate surface area is 569 Å². The van der Waals surface area contributed by atoms with Crippen LogP contribution in [0, 0.1) is 13.8 Å². The molecule has 1 aromatic carbocycles. The molecule has 0 saturated carbocycles. The smallest absolute Gasteiger partial charge is 0.326 e. The number of hydrogen-bond donors (Lipinski definition) is 5. The lowest BCUT2D eigenvalue weighted by molar-refractivity contribution is -0.158. The number of aromatic nitrogens is 1. The molecule has 1 saturated heterocycles. The number of carbonyl (C=O) groups excluding carboxylic acids is 8. The van der Waals surface area contributed by atoms with E-state index in [2.05, 4.69) is 26.7 Å². The number of nitrogens with one attached hydrogen (secondary N) is 4. The van der Waals surface area contributed by atoms with Crippen molar-refractivity contribution in [3.8, 4) is 5.75 Å².